The number of amides is 1. The molecule has 0 saturated carbocycles. The van der Waals surface area contributed by atoms with E-state index in [2.05, 4.69) is 11.6 Å². The van der Waals surface area contributed by atoms with E-state index >= 15 is 0 Å². The fourth-order valence-corrected chi connectivity index (χ4v) is 4.22. The van der Waals surface area contributed by atoms with E-state index in [9.17, 15) is 9.59 Å². The lowest BCUT2D eigenvalue weighted by molar-refractivity contribution is -0.763. The smallest absolute Gasteiger partial charge is 0.325 e. The van der Waals surface area contributed by atoms with Gasteiger partial charge in [0.1, 0.15) is 12.4 Å². The van der Waals surface area contributed by atoms with Crippen LogP contribution in [-0.4, -0.2) is 28.9 Å². The van der Waals surface area contributed by atoms with Gasteiger partial charge in [0, 0.05) is 17.1 Å². The van der Waals surface area contributed by atoms with Crippen molar-refractivity contribution in [1.29, 1.82) is 0 Å². The molecular formula is C24H25N4O3S+. The van der Waals surface area contributed by atoms with Crippen LogP contribution in [0.15, 0.2) is 71.1 Å². The summed E-state index contributed by atoms with van der Waals surface area (Å²) in [7, 11) is 0. The molecule has 0 fully saturated rings. The number of hydrogen-bond acceptors (Lipinski definition) is 5. The molecule has 1 aliphatic rings. The largest absolute Gasteiger partial charge is 0.490 e. The number of anilines is 1. The van der Waals surface area contributed by atoms with Crippen molar-refractivity contribution in [1.82, 2.24) is 10.1 Å². The monoisotopic (exact) mass is 449 g/mol. The molecule has 7 nitrogen and oxygen atoms in total. The highest BCUT2D eigenvalue weighted by atomic mass is 32.2. The van der Waals surface area contributed by atoms with Crippen LogP contribution < -0.4 is 19.9 Å². The average Bonchev–Trinajstić information content (AvgIpc) is 2.82. The SMILES string of the molecule is C=CCOc1ccc(C2N(C(=O)CCC)c3ccccc3-c3c(=O)[nH]c(SC)n[n+]32)cc1. The lowest BCUT2D eigenvalue weighted by atomic mass is 10.0. The van der Waals surface area contributed by atoms with Gasteiger partial charge in [0.2, 0.25) is 11.1 Å². The predicted octanol–water partition coefficient (Wildman–Crippen LogP) is 3.70. The number of aromatic amines is 1. The molecular weight excluding hydrogens is 424 g/mol. The van der Waals surface area contributed by atoms with E-state index in [0.717, 1.165) is 12.0 Å². The average molecular weight is 450 g/mol. The Morgan fingerprint density at radius 2 is 2.03 bits per heavy atom. The summed E-state index contributed by atoms with van der Waals surface area (Å²) in [6.45, 7) is 6.05. The van der Waals surface area contributed by atoms with Crippen LogP contribution in [0.2, 0.25) is 0 Å². The normalized spacial score (nSPS) is 14.4. The minimum Gasteiger partial charge on any atom is -0.490 e. The zero-order valence-electron chi connectivity index (χ0n) is 18.1. The maximum Gasteiger partial charge on any atom is 0.325 e. The first-order valence-electron chi connectivity index (χ1n) is 10.4. The maximum atomic E-state index is 13.4. The molecule has 8 heteroatoms. The van der Waals surface area contributed by atoms with Gasteiger partial charge in [0.15, 0.2) is 0 Å². The summed E-state index contributed by atoms with van der Waals surface area (Å²) < 4.78 is 7.28. The molecule has 0 radical (unpaired) electrons. The van der Waals surface area contributed by atoms with E-state index in [1.54, 1.807) is 15.7 Å². The van der Waals surface area contributed by atoms with Gasteiger partial charge in [-0.3, -0.25) is 14.6 Å². The Morgan fingerprint density at radius 1 is 1.28 bits per heavy atom. The number of aromatic nitrogens is 3. The van der Waals surface area contributed by atoms with E-state index in [1.165, 1.54) is 11.8 Å². The number of ether oxygens (including phenoxy) is 1. The van der Waals surface area contributed by atoms with E-state index in [0.29, 0.717) is 40.9 Å². The standard InChI is InChI=1S/C24H24N4O3S/c1-4-8-20(29)27-19-10-7-6-9-18(19)21-22(30)25-24(32-3)26-28(21)23(27)16-11-13-17(14-12-16)31-15-5-2/h5-7,9-14,23H,2,4,8,15H2,1,3H3/p+1. The molecule has 0 bridgehead atoms. The topological polar surface area (TPSA) is 79.2 Å². The van der Waals surface area contributed by atoms with Gasteiger partial charge in [-0.2, -0.15) is 0 Å². The number of carbonyl (C=O) groups excluding carboxylic acids is 1. The Kier molecular flexibility index (Phi) is 6.41. The molecule has 1 aliphatic heterocycles. The van der Waals surface area contributed by atoms with Crippen molar-refractivity contribution in [2.24, 2.45) is 0 Å². The number of para-hydroxylation sites is 1. The molecule has 1 atom stereocenters. The zero-order valence-corrected chi connectivity index (χ0v) is 18.9. The molecule has 1 aromatic heterocycles. The van der Waals surface area contributed by atoms with Gasteiger partial charge in [-0.15, -0.1) is 0 Å². The van der Waals surface area contributed by atoms with Gasteiger partial charge in [0.05, 0.1) is 11.3 Å². The van der Waals surface area contributed by atoms with Crippen LogP contribution in [0.5, 0.6) is 5.75 Å². The second kappa shape index (κ2) is 9.40. The lowest BCUT2D eigenvalue weighted by Gasteiger charge is -2.32. The first kappa shape index (κ1) is 21.8. The highest BCUT2D eigenvalue weighted by Crippen LogP contribution is 2.38. The molecule has 4 rings (SSSR count). The summed E-state index contributed by atoms with van der Waals surface area (Å²) >= 11 is 1.35. The van der Waals surface area contributed by atoms with E-state index in [1.807, 2.05) is 61.7 Å². The zero-order chi connectivity index (χ0) is 22.7. The minimum absolute atomic E-state index is 0.0251. The molecule has 164 valence electrons. The summed E-state index contributed by atoms with van der Waals surface area (Å²) in [6, 6.07) is 15.0. The fraction of sp³-hybridized carbons (Fsp3) is 0.250. The molecule has 0 spiro atoms. The van der Waals surface area contributed by atoms with Crippen molar-refractivity contribution in [3.63, 3.8) is 0 Å². The fourth-order valence-electron chi connectivity index (χ4n) is 3.86. The quantitative estimate of drug-likeness (QED) is 0.338. The number of nitrogens with zero attached hydrogens (tertiary/aromatic N) is 3. The van der Waals surface area contributed by atoms with Crippen LogP contribution in [-0.2, 0) is 4.79 Å². The third kappa shape index (κ3) is 3.93. The Morgan fingerprint density at radius 3 is 2.72 bits per heavy atom. The van der Waals surface area contributed by atoms with Crippen molar-refractivity contribution < 1.29 is 14.2 Å². The first-order chi connectivity index (χ1) is 15.6. The number of benzene rings is 2. The Labute approximate surface area is 190 Å². The number of carbonyl (C=O) groups is 1. The molecule has 0 saturated heterocycles. The summed E-state index contributed by atoms with van der Waals surface area (Å²) in [5, 5.41) is 5.18. The third-order valence-electron chi connectivity index (χ3n) is 5.23. The maximum absolute atomic E-state index is 13.4. The summed E-state index contributed by atoms with van der Waals surface area (Å²) in [5.74, 6) is 0.674. The number of thioether (sulfide) groups is 1. The van der Waals surface area contributed by atoms with Crippen LogP contribution >= 0.6 is 11.8 Å². The number of rotatable bonds is 7. The molecule has 1 N–H and O–H groups in total. The Hall–Kier alpha value is -3.39. The lowest BCUT2D eigenvalue weighted by Crippen LogP contribution is -2.60. The molecule has 3 aromatic rings. The first-order valence-corrected chi connectivity index (χ1v) is 11.7. The van der Waals surface area contributed by atoms with Crippen molar-refractivity contribution in [3.05, 3.63) is 77.1 Å². The van der Waals surface area contributed by atoms with Gasteiger partial charge in [-0.05, 0) is 53.8 Å². The number of hydrogen-bond donors (Lipinski definition) is 1. The van der Waals surface area contributed by atoms with E-state index < -0.39 is 6.17 Å². The summed E-state index contributed by atoms with van der Waals surface area (Å²) in [6.07, 6.45) is 4.04. The molecule has 32 heavy (non-hydrogen) atoms. The molecule has 1 amide bonds. The van der Waals surface area contributed by atoms with Gasteiger partial charge >= 0.3 is 11.3 Å². The third-order valence-corrected chi connectivity index (χ3v) is 5.80. The van der Waals surface area contributed by atoms with Crippen molar-refractivity contribution >= 4 is 23.4 Å². The second-order valence-electron chi connectivity index (χ2n) is 7.33. The predicted molar refractivity (Wildman–Crippen MR) is 125 cm³/mol. The second-order valence-corrected chi connectivity index (χ2v) is 8.12. The van der Waals surface area contributed by atoms with Crippen LogP contribution in [0.25, 0.3) is 11.3 Å². The number of H-pyrrole nitrogens is 1. The number of nitrogens with one attached hydrogen (secondary N) is 1. The summed E-state index contributed by atoms with van der Waals surface area (Å²) in [4.78, 5) is 31.0. The van der Waals surface area contributed by atoms with Crippen LogP contribution in [0.1, 0.15) is 31.5 Å². The van der Waals surface area contributed by atoms with Crippen LogP contribution in [0, 0.1) is 0 Å². The van der Waals surface area contributed by atoms with Crippen LogP contribution in [0.3, 0.4) is 0 Å². The van der Waals surface area contributed by atoms with Crippen molar-refractivity contribution in [2.45, 2.75) is 31.1 Å². The Balaban J connectivity index is 1.95. The number of fused-ring (bicyclic) bond motifs is 3. The van der Waals surface area contributed by atoms with Crippen molar-refractivity contribution in [3.8, 4) is 17.0 Å². The highest BCUT2D eigenvalue weighted by Gasteiger charge is 2.45. The highest BCUT2D eigenvalue weighted by molar-refractivity contribution is 7.98. The van der Waals surface area contributed by atoms with E-state index in [4.69, 9.17) is 9.84 Å². The molecule has 1 unspecified atom stereocenters. The van der Waals surface area contributed by atoms with E-state index in [-0.39, 0.29) is 11.5 Å². The van der Waals surface area contributed by atoms with Crippen molar-refractivity contribution in [2.75, 3.05) is 17.8 Å². The van der Waals surface area contributed by atoms with Gasteiger partial charge in [0.25, 0.3) is 6.17 Å². The summed E-state index contributed by atoms with van der Waals surface area (Å²) in [5.41, 5.74) is 2.39. The Bertz CT molecular complexity index is 1210. The van der Waals surface area contributed by atoms with Gasteiger partial charge in [-0.1, -0.05) is 43.5 Å². The van der Waals surface area contributed by atoms with Gasteiger partial charge < -0.3 is 4.74 Å². The molecule has 2 aromatic carbocycles. The molecule has 0 aliphatic carbocycles. The van der Waals surface area contributed by atoms with Gasteiger partial charge in [-0.25, -0.2) is 4.90 Å². The van der Waals surface area contributed by atoms with Crippen LogP contribution in [0.4, 0.5) is 5.69 Å². The molecule has 2 heterocycles. The minimum atomic E-state index is -0.597.